The maximum atomic E-state index is 13.2. The Morgan fingerprint density at radius 2 is 2.03 bits per heavy atom. The van der Waals surface area contributed by atoms with E-state index in [-0.39, 0.29) is 11.9 Å². The number of carbonyl (C=O) groups is 1. The number of ether oxygens (including phenoxy) is 2. The van der Waals surface area contributed by atoms with Crippen molar-refractivity contribution in [3.63, 3.8) is 0 Å². The van der Waals surface area contributed by atoms with Gasteiger partial charge in [-0.3, -0.25) is 9.20 Å². The number of methoxy groups -OCH3 is 1. The van der Waals surface area contributed by atoms with Gasteiger partial charge in [-0.25, -0.2) is 9.97 Å². The van der Waals surface area contributed by atoms with Crippen molar-refractivity contribution >= 4 is 28.3 Å². The van der Waals surface area contributed by atoms with Gasteiger partial charge >= 0.3 is 0 Å². The molecule has 2 N–H and O–H groups in total. The van der Waals surface area contributed by atoms with Crippen LogP contribution in [-0.2, 0) is 4.74 Å². The predicted octanol–water partition coefficient (Wildman–Crippen LogP) is 4.16. The minimum Gasteiger partial charge on any atom is -0.491 e. The van der Waals surface area contributed by atoms with E-state index in [9.17, 15) is 4.79 Å². The molecule has 1 atom stereocenters. The van der Waals surface area contributed by atoms with Crippen LogP contribution in [0.2, 0.25) is 0 Å². The quantitative estimate of drug-likeness (QED) is 0.494. The lowest BCUT2D eigenvalue weighted by molar-refractivity contribution is 0.0708. The highest BCUT2D eigenvalue weighted by Gasteiger charge is 2.36. The summed E-state index contributed by atoms with van der Waals surface area (Å²) in [6.07, 6.45) is 5.85. The summed E-state index contributed by atoms with van der Waals surface area (Å²) in [6.45, 7) is 4.62. The Balaban J connectivity index is 0.000000351. The van der Waals surface area contributed by atoms with Gasteiger partial charge in [-0.1, -0.05) is 12.1 Å². The highest BCUT2D eigenvalue weighted by molar-refractivity contribution is 5.98. The molecule has 2 aliphatic rings. The molecule has 1 amide bonds. The highest BCUT2D eigenvalue weighted by atomic mass is 16.5. The third-order valence-electron chi connectivity index (χ3n) is 6.78. The van der Waals surface area contributed by atoms with Crippen molar-refractivity contribution in [2.45, 2.75) is 38.3 Å². The molecule has 2 aromatic carbocycles. The number of benzene rings is 2. The van der Waals surface area contributed by atoms with Crippen LogP contribution >= 0.6 is 0 Å². The second-order valence-corrected chi connectivity index (χ2v) is 9.29. The van der Waals surface area contributed by atoms with E-state index in [4.69, 9.17) is 15.2 Å². The SMILES string of the molecule is COC1(C)CC1.Cc1ccc2c(c1)OCC2N(C)C(=O)c1ccc2nc(N)c3cncn3c2c1. The van der Waals surface area contributed by atoms with Crippen molar-refractivity contribution in [3.8, 4) is 5.75 Å². The molecule has 6 rings (SSSR count). The van der Waals surface area contributed by atoms with E-state index < -0.39 is 0 Å². The van der Waals surface area contributed by atoms with E-state index in [0.29, 0.717) is 29.1 Å². The fourth-order valence-corrected chi connectivity index (χ4v) is 4.15. The number of fused-ring (bicyclic) bond motifs is 4. The number of nitrogens with zero attached hydrogens (tertiary/aromatic N) is 4. The van der Waals surface area contributed by atoms with Crippen molar-refractivity contribution in [1.82, 2.24) is 19.3 Å². The van der Waals surface area contributed by atoms with E-state index in [1.807, 2.05) is 48.7 Å². The lowest BCUT2D eigenvalue weighted by Gasteiger charge is -2.24. The number of carbonyl (C=O) groups excluding carboxylic acids is 1. The summed E-state index contributed by atoms with van der Waals surface area (Å²) in [5.41, 5.74) is 11.3. The van der Waals surface area contributed by atoms with Gasteiger partial charge in [-0.2, -0.15) is 0 Å². The topological polar surface area (TPSA) is 95.0 Å². The number of aryl methyl sites for hydroxylation is 1. The lowest BCUT2D eigenvalue weighted by Crippen LogP contribution is -2.32. The Labute approximate surface area is 198 Å². The smallest absolute Gasteiger partial charge is 0.254 e. The molecular weight excluding hydrogens is 430 g/mol. The summed E-state index contributed by atoms with van der Waals surface area (Å²) in [7, 11) is 3.58. The van der Waals surface area contributed by atoms with Gasteiger partial charge in [-0.15, -0.1) is 0 Å². The first-order valence-electron chi connectivity index (χ1n) is 11.4. The second kappa shape index (κ2) is 8.29. The lowest BCUT2D eigenvalue weighted by atomic mass is 10.0. The van der Waals surface area contributed by atoms with Crippen LogP contribution in [0.15, 0.2) is 48.9 Å². The van der Waals surface area contributed by atoms with E-state index in [1.165, 1.54) is 12.8 Å². The number of amides is 1. The highest BCUT2D eigenvalue weighted by Crippen LogP contribution is 2.38. The summed E-state index contributed by atoms with van der Waals surface area (Å²) < 4.78 is 12.7. The Hall–Kier alpha value is -3.65. The minimum atomic E-state index is -0.114. The Kier molecular flexibility index (Phi) is 5.40. The molecule has 3 heterocycles. The predicted molar refractivity (Wildman–Crippen MR) is 131 cm³/mol. The molecule has 0 radical (unpaired) electrons. The van der Waals surface area contributed by atoms with Crippen molar-refractivity contribution in [2.24, 2.45) is 0 Å². The maximum Gasteiger partial charge on any atom is 0.254 e. The molecule has 1 aliphatic carbocycles. The molecule has 0 saturated heterocycles. The van der Waals surface area contributed by atoms with E-state index >= 15 is 0 Å². The number of nitrogen functional groups attached to an aromatic ring is 1. The second-order valence-electron chi connectivity index (χ2n) is 9.29. The standard InChI is InChI=1S/C21H19N5O2.C5H10O/c1-12-3-5-14-18(10-28-19(14)7-12)25(2)21(27)13-4-6-15-16(8-13)26-11-23-9-17(26)20(22)24-15;1-5(6-2)3-4-5/h3-9,11,18H,10H2,1-2H3,(H2,22,24);3-4H2,1-2H3. The first kappa shape index (κ1) is 22.2. The van der Waals surface area contributed by atoms with Gasteiger partial charge in [-0.05, 0) is 56.5 Å². The molecule has 0 spiro atoms. The molecule has 34 heavy (non-hydrogen) atoms. The third kappa shape index (κ3) is 3.94. The molecule has 1 saturated carbocycles. The molecule has 1 fully saturated rings. The van der Waals surface area contributed by atoms with Crippen molar-refractivity contribution in [1.29, 1.82) is 0 Å². The van der Waals surface area contributed by atoms with E-state index in [1.54, 1.807) is 30.6 Å². The average Bonchev–Trinajstić information content (AvgIpc) is 3.23. The molecule has 1 aliphatic heterocycles. The first-order valence-corrected chi connectivity index (χ1v) is 11.4. The fraction of sp³-hybridized carbons (Fsp3) is 0.346. The number of anilines is 1. The van der Waals surface area contributed by atoms with Crippen LogP contribution in [0.4, 0.5) is 5.82 Å². The molecule has 2 aromatic heterocycles. The summed E-state index contributed by atoms with van der Waals surface area (Å²) in [5.74, 6) is 1.19. The summed E-state index contributed by atoms with van der Waals surface area (Å²) in [6, 6.07) is 11.4. The van der Waals surface area contributed by atoms with Gasteiger partial charge in [0.05, 0.1) is 35.2 Å². The molecule has 176 valence electrons. The molecular formula is C26H29N5O3. The summed E-state index contributed by atoms with van der Waals surface area (Å²) >= 11 is 0. The summed E-state index contributed by atoms with van der Waals surface area (Å²) in [4.78, 5) is 23.5. The zero-order valence-electron chi connectivity index (χ0n) is 19.9. The van der Waals surface area contributed by atoms with Crippen LogP contribution in [0.25, 0.3) is 16.6 Å². The Morgan fingerprint density at radius 3 is 2.74 bits per heavy atom. The number of nitrogens with two attached hydrogens (primary N) is 1. The number of aromatic nitrogens is 3. The van der Waals surface area contributed by atoms with E-state index in [0.717, 1.165) is 27.9 Å². The van der Waals surface area contributed by atoms with Gasteiger partial charge in [0.25, 0.3) is 5.91 Å². The van der Waals surface area contributed by atoms with Gasteiger partial charge in [0.1, 0.15) is 23.7 Å². The van der Waals surface area contributed by atoms with Gasteiger partial charge < -0.3 is 20.1 Å². The van der Waals surface area contributed by atoms with Gasteiger partial charge in [0, 0.05) is 25.3 Å². The molecule has 8 heteroatoms. The van der Waals surface area contributed by atoms with Crippen LogP contribution in [0, 0.1) is 6.92 Å². The van der Waals surface area contributed by atoms with Gasteiger partial charge in [0.15, 0.2) is 0 Å². The molecule has 1 unspecified atom stereocenters. The van der Waals surface area contributed by atoms with Crippen LogP contribution in [-0.4, -0.2) is 51.5 Å². The van der Waals surface area contributed by atoms with Crippen molar-refractivity contribution in [3.05, 3.63) is 65.6 Å². The van der Waals surface area contributed by atoms with Crippen LogP contribution in [0.3, 0.4) is 0 Å². The Bertz CT molecular complexity index is 1390. The minimum absolute atomic E-state index is 0.0750. The number of hydrogen-bond donors (Lipinski definition) is 1. The zero-order chi connectivity index (χ0) is 24.0. The molecule has 8 nitrogen and oxygen atoms in total. The molecule has 0 bridgehead atoms. The van der Waals surface area contributed by atoms with Crippen molar-refractivity contribution in [2.75, 3.05) is 26.5 Å². The van der Waals surface area contributed by atoms with Gasteiger partial charge in [0.2, 0.25) is 0 Å². The number of hydrogen-bond acceptors (Lipinski definition) is 6. The monoisotopic (exact) mass is 459 g/mol. The largest absolute Gasteiger partial charge is 0.491 e. The Morgan fingerprint density at radius 1 is 1.24 bits per heavy atom. The summed E-state index contributed by atoms with van der Waals surface area (Å²) in [5, 5.41) is 0. The third-order valence-corrected chi connectivity index (χ3v) is 6.78. The fourth-order valence-electron chi connectivity index (χ4n) is 4.15. The molecule has 4 aromatic rings. The number of rotatable bonds is 3. The van der Waals surface area contributed by atoms with Crippen LogP contribution < -0.4 is 10.5 Å². The number of imidazole rings is 1. The van der Waals surface area contributed by atoms with Crippen molar-refractivity contribution < 1.29 is 14.3 Å². The average molecular weight is 460 g/mol. The van der Waals surface area contributed by atoms with Crippen LogP contribution in [0.5, 0.6) is 5.75 Å². The van der Waals surface area contributed by atoms with E-state index in [2.05, 4.69) is 16.9 Å². The maximum absolute atomic E-state index is 13.2. The normalized spacial score (nSPS) is 17.6. The first-order chi connectivity index (χ1) is 16.3. The zero-order valence-corrected chi connectivity index (χ0v) is 19.9. The number of likely N-dealkylation sites (N-methyl/N-ethyl adjacent to an activating group) is 1. The van der Waals surface area contributed by atoms with Crippen LogP contribution in [0.1, 0.15) is 47.3 Å².